The molecular formula is C32H28FN5O4. The highest BCUT2D eigenvalue weighted by Crippen LogP contribution is 2.36. The summed E-state index contributed by atoms with van der Waals surface area (Å²) in [6, 6.07) is 27.2. The van der Waals surface area contributed by atoms with Crippen LogP contribution in [0.1, 0.15) is 38.0 Å². The summed E-state index contributed by atoms with van der Waals surface area (Å²) in [5, 5.41) is 14.4. The lowest BCUT2D eigenvalue weighted by atomic mass is 10.1. The molecule has 1 N–H and O–H groups in total. The van der Waals surface area contributed by atoms with Crippen LogP contribution >= 0.6 is 0 Å². The van der Waals surface area contributed by atoms with Crippen LogP contribution in [-0.2, 0) is 6.54 Å². The molecule has 2 aliphatic rings. The van der Waals surface area contributed by atoms with Crippen LogP contribution < -0.4 is 10.2 Å². The van der Waals surface area contributed by atoms with Crippen LogP contribution in [0.3, 0.4) is 0 Å². The van der Waals surface area contributed by atoms with Crippen molar-refractivity contribution < 1.29 is 18.9 Å². The van der Waals surface area contributed by atoms with Crippen LogP contribution in [0.25, 0.3) is 0 Å². The molecule has 212 valence electrons. The first-order valence-electron chi connectivity index (χ1n) is 13.7. The fourth-order valence-corrected chi connectivity index (χ4v) is 5.51. The molecule has 0 spiro atoms. The number of piperazine rings is 1. The molecular weight excluding hydrogens is 537 g/mol. The number of carbonyl (C=O) groups is 2. The summed E-state index contributed by atoms with van der Waals surface area (Å²) in [6.45, 7) is 2.55. The van der Waals surface area contributed by atoms with Crippen LogP contribution in [0.15, 0.2) is 97.1 Å². The van der Waals surface area contributed by atoms with E-state index in [-0.39, 0.29) is 23.3 Å². The number of non-ortho nitro benzene ring substituents is 1. The number of nitro benzene ring substituents is 1. The van der Waals surface area contributed by atoms with Gasteiger partial charge in [-0.3, -0.25) is 19.7 Å². The van der Waals surface area contributed by atoms with Gasteiger partial charge in [0.1, 0.15) is 12.0 Å². The Morgan fingerprint density at radius 1 is 0.905 bits per heavy atom. The monoisotopic (exact) mass is 565 g/mol. The summed E-state index contributed by atoms with van der Waals surface area (Å²) in [6.07, 6.45) is -0.464. The largest absolute Gasteiger partial charge is 0.368 e. The predicted octanol–water partition coefficient (Wildman–Crippen LogP) is 5.46. The predicted molar refractivity (Wildman–Crippen MR) is 157 cm³/mol. The third-order valence-corrected chi connectivity index (χ3v) is 7.73. The van der Waals surface area contributed by atoms with Crippen LogP contribution in [-0.4, -0.2) is 52.7 Å². The van der Waals surface area contributed by atoms with E-state index in [0.717, 1.165) is 16.8 Å². The van der Waals surface area contributed by atoms with E-state index in [1.165, 1.54) is 24.3 Å². The summed E-state index contributed by atoms with van der Waals surface area (Å²) in [5.41, 5.74) is 4.41. The molecule has 0 aromatic heterocycles. The van der Waals surface area contributed by atoms with Gasteiger partial charge in [-0.1, -0.05) is 36.4 Å². The van der Waals surface area contributed by atoms with Gasteiger partial charge in [-0.2, -0.15) is 0 Å². The van der Waals surface area contributed by atoms with Gasteiger partial charge >= 0.3 is 0 Å². The lowest BCUT2D eigenvalue weighted by Crippen LogP contribution is -2.48. The second kappa shape index (κ2) is 11.3. The van der Waals surface area contributed by atoms with Crippen molar-refractivity contribution in [3.05, 3.63) is 135 Å². The highest BCUT2D eigenvalue weighted by Gasteiger charge is 2.36. The Morgan fingerprint density at radius 2 is 1.62 bits per heavy atom. The molecule has 1 atom stereocenters. The number of hydrogen-bond donors (Lipinski definition) is 1. The van der Waals surface area contributed by atoms with Gasteiger partial charge in [-0.25, -0.2) is 4.39 Å². The van der Waals surface area contributed by atoms with Crippen LogP contribution in [0.2, 0.25) is 0 Å². The normalized spacial score (nSPS) is 16.4. The van der Waals surface area contributed by atoms with Gasteiger partial charge in [0, 0.05) is 72.9 Å². The minimum atomic E-state index is -0.464. The zero-order valence-corrected chi connectivity index (χ0v) is 22.7. The number of nitrogens with one attached hydrogen (secondary N) is 1. The number of amides is 2. The quantitative estimate of drug-likeness (QED) is 0.236. The van der Waals surface area contributed by atoms with Crippen molar-refractivity contribution in [1.82, 2.24) is 9.80 Å². The number of fused-ring (bicyclic) bond motifs is 1. The molecule has 10 heteroatoms. The van der Waals surface area contributed by atoms with Crippen LogP contribution in [0.4, 0.5) is 21.5 Å². The third-order valence-electron chi connectivity index (χ3n) is 7.73. The minimum Gasteiger partial charge on any atom is -0.368 e. The second-order valence-electron chi connectivity index (χ2n) is 10.3. The van der Waals surface area contributed by atoms with E-state index in [1.807, 2.05) is 30.3 Å². The first-order valence-corrected chi connectivity index (χ1v) is 13.7. The smallest absolute Gasteiger partial charge is 0.269 e. The van der Waals surface area contributed by atoms with E-state index in [4.69, 9.17) is 0 Å². The van der Waals surface area contributed by atoms with E-state index in [9.17, 15) is 24.1 Å². The Hall–Kier alpha value is -5.25. The molecule has 9 nitrogen and oxygen atoms in total. The van der Waals surface area contributed by atoms with Gasteiger partial charge in [0.05, 0.1) is 4.92 Å². The van der Waals surface area contributed by atoms with E-state index >= 15 is 0 Å². The summed E-state index contributed by atoms with van der Waals surface area (Å²) in [7, 11) is 0. The third kappa shape index (κ3) is 5.38. The number of benzene rings is 4. The fourth-order valence-electron chi connectivity index (χ4n) is 5.51. The van der Waals surface area contributed by atoms with Crippen LogP contribution in [0, 0.1) is 15.9 Å². The second-order valence-corrected chi connectivity index (χ2v) is 10.3. The molecule has 1 saturated heterocycles. The summed E-state index contributed by atoms with van der Waals surface area (Å²) in [4.78, 5) is 42.9. The molecule has 0 radical (unpaired) electrons. The van der Waals surface area contributed by atoms with Gasteiger partial charge < -0.3 is 20.0 Å². The highest BCUT2D eigenvalue weighted by molar-refractivity contribution is 5.99. The molecule has 1 unspecified atom stereocenters. The topological polar surface area (TPSA) is 99.0 Å². The van der Waals surface area contributed by atoms with Crippen molar-refractivity contribution >= 4 is 28.9 Å². The molecule has 2 heterocycles. The number of nitro groups is 1. The van der Waals surface area contributed by atoms with Crippen molar-refractivity contribution in [2.75, 3.05) is 36.4 Å². The SMILES string of the molecule is O=C(c1cccc(NC2c3ccccc3C(=O)N2Cc2ccc(F)cc2)c1)N1CCN(c2ccc([N+](=O)[O-])cc2)CC1. The molecule has 2 aliphatic heterocycles. The van der Waals surface area contributed by atoms with Crippen molar-refractivity contribution in [1.29, 1.82) is 0 Å². The molecule has 42 heavy (non-hydrogen) atoms. The van der Waals surface area contributed by atoms with Crippen LogP contribution in [0.5, 0.6) is 0 Å². The van der Waals surface area contributed by atoms with Gasteiger partial charge in [0.15, 0.2) is 0 Å². The molecule has 6 rings (SSSR count). The molecule has 4 aromatic rings. The maximum atomic E-state index is 13.5. The number of hydrogen-bond acceptors (Lipinski definition) is 6. The average molecular weight is 566 g/mol. The number of anilines is 2. The number of halogens is 1. The Bertz CT molecular complexity index is 1640. The lowest BCUT2D eigenvalue weighted by Gasteiger charge is -2.36. The maximum Gasteiger partial charge on any atom is 0.269 e. The van der Waals surface area contributed by atoms with E-state index in [0.29, 0.717) is 49.5 Å². The Labute approximate surface area is 241 Å². The fraction of sp³-hybridized carbons (Fsp3) is 0.188. The van der Waals surface area contributed by atoms with Crippen molar-refractivity contribution in [2.45, 2.75) is 12.7 Å². The summed E-state index contributed by atoms with van der Waals surface area (Å²) < 4.78 is 13.5. The lowest BCUT2D eigenvalue weighted by molar-refractivity contribution is -0.384. The number of rotatable bonds is 7. The van der Waals surface area contributed by atoms with E-state index < -0.39 is 11.1 Å². The highest BCUT2D eigenvalue weighted by atomic mass is 19.1. The standard InChI is InChI=1S/C32H28FN5O4/c33-24-10-8-22(9-11-24)21-37-30(28-6-1-2-7-29(28)32(37)40)34-25-5-3-4-23(20-25)31(39)36-18-16-35(17-19-36)26-12-14-27(15-13-26)38(41)42/h1-15,20,30,34H,16-19,21H2. The Morgan fingerprint density at radius 3 is 2.33 bits per heavy atom. The summed E-state index contributed by atoms with van der Waals surface area (Å²) in [5.74, 6) is -0.544. The van der Waals surface area contributed by atoms with Crippen molar-refractivity contribution in [3.8, 4) is 0 Å². The zero-order valence-electron chi connectivity index (χ0n) is 22.7. The summed E-state index contributed by atoms with van der Waals surface area (Å²) >= 11 is 0. The molecule has 0 saturated carbocycles. The van der Waals surface area contributed by atoms with Gasteiger partial charge in [0.25, 0.3) is 17.5 Å². The molecule has 1 fully saturated rings. The Kier molecular flexibility index (Phi) is 7.26. The Balaban J connectivity index is 1.16. The number of nitrogens with zero attached hydrogens (tertiary/aromatic N) is 4. The molecule has 0 bridgehead atoms. The molecule has 2 amide bonds. The van der Waals surface area contributed by atoms with Gasteiger partial charge in [-0.15, -0.1) is 0 Å². The van der Waals surface area contributed by atoms with Gasteiger partial charge in [-0.05, 0) is 54.1 Å². The molecule has 4 aromatic carbocycles. The number of carbonyl (C=O) groups excluding carboxylic acids is 2. The van der Waals surface area contributed by atoms with Crippen molar-refractivity contribution in [3.63, 3.8) is 0 Å². The van der Waals surface area contributed by atoms with Gasteiger partial charge in [0.2, 0.25) is 0 Å². The molecule has 0 aliphatic carbocycles. The van der Waals surface area contributed by atoms with E-state index in [1.54, 1.807) is 52.3 Å². The maximum absolute atomic E-state index is 13.5. The van der Waals surface area contributed by atoms with Crippen molar-refractivity contribution in [2.24, 2.45) is 0 Å². The zero-order chi connectivity index (χ0) is 29.2. The minimum absolute atomic E-state index is 0.0464. The van der Waals surface area contributed by atoms with E-state index in [2.05, 4.69) is 10.2 Å². The average Bonchev–Trinajstić information content (AvgIpc) is 3.28. The first-order chi connectivity index (χ1) is 20.4. The first kappa shape index (κ1) is 26.9.